The lowest BCUT2D eigenvalue weighted by atomic mass is 9.76. The fourth-order valence-corrected chi connectivity index (χ4v) is 2.62. The molecule has 0 radical (unpaired) electrons. The number of esters is 2. The van der Waals surface area contributed by atoms with Gasteiger partial charge >= 0.3 is 11.9 Å². The minimum absolute atomic E-state index is 0.0531. The van der Waals surface area contributed by atoms with Gasteiger partial charge in [-0.2, -0.15) is 0 Å². The van der Waals surface area contributed by atoms with Crippen molar-refractivity contribution in [3.8, 4) is 0 Å². The molecular formula is C11H18O4. The fraction of sp³-hybridized carbons (Fsp3) is 0.818. The van der Waals surface area contributed by atoms with E-state index in [1.54, 1.807) is 0 Å². The van der Waals surface area contributed by atoms with Crippen LogP contribution in [0.25, 0.3) is 0 Å². The topological polar surface area (TPSA) is 52.6 Å². The second-order valence-corrected chi connectivity index (χ2v) is 3.95. The second kappa shape index (κ2) is 4.64. The van der Waals surface area contributed by atoms with E-state index >= 15 is 0 Å². The highest BCUT2D eigenvalue weighted by atomic mass is 16.5. The summed E-state index contributed by atoms with van der Waals surface area (Å²) in [6, 6.07) is 0. The molecule has 0 saturated heterocycles. The Kier molecular flexibility index (Phi) is 3.72. The predicted octanol–water partition coefficient (Wildman–Crippen LogP) is 1.53. The Hall–Kier alpha value is -1.06. The Morgan fingerprint density at radius 2 is 1.80 bits per heavy atom. The Morgan fingerprint density at radius 1 is 1.27 bits per heavy atom. The summed E-state index contributed by atoms with van der Waals surface area (Å²) in [5.41, 5.74) is -1.04. The maximum Gasteiger partial charge on any atom is 0.323 e. The van der Waals surface area contributed by atoms with Crippen molar-refractivity contribution in [2.75, 3.05) is 14.2 Å². The zero-order valence-electron chi connectivity index (χ0n) is 9.54. The van der Waals surface area contributed by atoms with E-state index in [0.29, 0.717) is 6.42 Å². The van der Waals surface area contributed by atoms with Gasteiger partial charge in [0.1, 0.15) is 0 Å². The van der Waals surface area contributed by atoms with Crippen molar-refractivity contribution >= 4 is 11.9 Å². The second-order valence-electron chi connectivity index (χ2n) is 3.95. The molecule has 86 valence electrons. The van der Waals surface area contributed by atoms with Crippen molar-refractivity contribution in [2.24, 2.45) is 11.3 Å². The molecule has 4 heteroatoms. The van der Waals surface area contributed by atoms with Crippen molar-refractivity contribution in [3.63, 3.8) is 0 Å². The molecule has 1 aliphatic carbocycles. The molecule has 1 aliphatic rings. The highest BCUT2D eigenvalue weighted by molar-refractivity contribution is 6.00. The molecule has 0 aliphatic heterocycles. The molecule has 0 aromatic carbocycles. The molecule has 1 saturated carbocycles. The quantitative estimate of drug-likeness (QED) is 0.528. The Labute approximate surface area is 89.9 Å². The number of rotatable bonds is 3. The van der Waals surface area contributed by atoms with Gasteiger partial charge in [0.2, 0.25) is 0 Å². The molecule has 0 heterocycles. The standard InChI is InChI=1S/C11H18O4/c1-4-8-6-5-7-11(8,9(12)14-2)10(13)15-3/h8H,4-7H2,1-3H3. The van der Waals surface area contributed by atoms with Crippen LogP contribution in [0.4, 0.5) is 0 Å². The summed E-state index contributed by atoms with van der Waals surface area (Å²) in [4.78, 5) is 23.6. The van der Waals surface area contributed by atoms with Crippen molar-refractivity contribution in [1.82, 2.24) is 0 Å². The summed E-state index contributed by atoms with van der Waals surface area (Å²) in [6.45, 7) is 1.98. The number of methoxy groups -OCH3 is 2. The van der Waals surface area contributed by atoms with Gasteiger partial charge in [-0.1, -0.05) is 19.8 Å². The molecule has 0 aromatic heterocycles. The smallest absolute Gasteiger partial charge is 0.323 e. The van der Waals surface area contributed by atoms with E-state index in [2.05, 4.69) is 0 Å². The van der Waals surface area contributed by atoms with Crippen LogP contribution < -0.4 is 0 Å². The molecule has 0 amide bonds. The average Bonchev–Trinajstić information content (AvgIpc) is 2.71. The minimum atomic E-state index is -1.04. The monoisotopic (exact) mass is 214 g/mol. The normalized spacial score (nSPS) is 23.5. The summed E-state index contributed by atoms with van der Waals surface area (Å²) in [5, 5.41) is 0. The van der Waals surface area contributed by atoms with Gasteiger partial charge < -0.3 is 9.47 Å². The summed E-state index contributed by atoms with van der Waals surface area (Å²) < 4.78 is 9.51. The molecular weight excluding hydrogens is 196 g/mol. The van der Waals surface area contributed by atoms with E-state index in [4.69, 9.17) is 9.47 Å². The van der Waals surface area contributed by atoms with Crippen LogP contribution in [0.3, 0.4) is 0 Å². The van der Waals surface area contributed by atoms with Crippen LogP contribution in [-0.4, -0.2) is 26.2 Å². The Morgan fingerprint density at radius 3 is 2.20 bits per heavy atom. The number of hydrogen-bond acceptors (Lipinski definition) is 4. The third kappa shape index (κ3) is 1.73. The number of carbonyl (C=O) groups is 2. The largest absolute Gasteiger partial charge is 0.468 e. The zero-order chi connectivity index (χ0) is 11.5. The predicted molar refractivity (Wildman–Crippen MR) is 54.1 cm³/mol. The van der Waals surface area contributed by atoms with E-state index in [9.17, 15) is 9.59 Å². The molecule has 0 N–H and O–H groups in total. The third-order valence-corrected chi connectivity index (χ3v) is 3.41. The average molecular weight is 214 g/mol. The van der Waals surface area contributed by atoms with Gasteiger partial charge in [0.05, 0.1) is 14.2 Å². The van der Waals surface area contributed by atoms with Crippen LogP contribution in [0.5, 0.6) is 0 Å². The van der Waals surface area contributed by atoms with Crippen LogP contribution in [0.1, 0.15) is 32.6 Å². The zero-order valence-corrected chi connectivity index (χ0v) is 9.54. The molecule has 0 aromatic rings. The van der Waals surface area contributed by atoms with Crippen LogP contribution in [-0.2, 0) is 19.1 Å². The molecule has 4 nitrogen and oxygen atoms in total. The number of hydrogen-bond donors (Lipinski definition) is 0. The molecule has 0 spiro atoms. The number of ether oxygens (including phenoxy) is 2. The minimum Gasteiger partial charge on any atom is -0.468 e. The van der Waals surface area contributed by atoms with Crippen LogP contribution in [0.2, 0.25) is 0 Å². The molecule has 0 bridgehead atoms. The maximum absolute atomic E-state index is 11.8. The summed E-state index contributed by atoms with van der Waals surface area (Å²) in [7, 11) is 2.64. The van der Waals surface area contributed by atoms with Gasteiger partial charge in [-0.05, 0) is 18.8 Å². The molecule has 1 rings (SSSR count). The highest BCUT2D eigenvalue weighted by Gasteiger charge is 2.56. The fourth-order valence-electron chi connectivity index (χ4n) is 2.62. The maximum atomic E-state index is 11.8. The highest BCUT2D eigenvalue weighted by Crippen LogP contribution is 2.46. The van der Waals surface area contributed by atoms with Crippen molar-refractivity contribution in [2.45, 2.75) is 32.6 Å². The first-order valence-electron chi connectivity index (χ1n) is 5.30. The summed E-state index contributed by atoms with van der Waals surface area (Å²) in [6.07, 6.45) is 3.11. The van der Waals surface area contributed by atoms with Gasteiger partial charge in [0, 0.05) is 0 Å². The lowest BCUT2D eigenvalue weighted by molar-refractivity contribution is -0.172. The molecule has 1 atom stereocenters. The van der Waals surface area contributed by atoms with E-state index in [1.165, 1.54) is 14.2 Å². The number of carbonyl (C=O) groups excluding carboxylic acids is 2. The van der Waals surface area contributed by atoms with Crippen LogP contribution in [0, 0.1) is 11.3 Å². The van der Waals surface area contributed by atoms with Crippen molar-refractivity contribution in [1.29, 1.82) is 0 Å². The van der Waals surface area contributed by atoms with Gasteiger partial charge in [0.15, 0.2) is 5.41 Å². The van der Waals surface area contributed by atoms with E-state index < -0.39 is 17.4 Å². The van der Waals surface area contributed by atoms with E-state index in [1.807, 2.05) is 6.92 Å². The first-order valence-corrected chi connectivity index (χ1v) is 5.30. The molecule has 1 unspecified atom stereocenters. The van der Waals surface area contributed by atoms with Gasteiger partial charge in [-0.15, -0.1) is 0 Å². The lowest BCUT2D eigenvalue weighted by Crippen LogP contribution is -2.44. The summed E-state index contributed by atoms with van der Waals surface area (Å²) >= 11 is 0. The van der Waals surface area contributed by atoms with Crippen molar-refractivity contribution < 1.29 is 19.1 Å². The molecule has 1 fully saturated rings. The first-order chi connectivity index (χ1) is 7.13. The van der Waals surface area contributed by atoms with E-state index in [0.717, 1.165) is 19.3 Å². The van der Waals surface area contributed by atoms with Gasteiger partial charge in [-0.3, -0.25) is 9.59 Å². The first kappa shape index (κ1) is 12.0. The lowest BCUT2D eigenvalue weighted by Gasteiger charge is -2.29. The Bertz CT molecular complexity index is 243. The van der Waals surface area contributed by atoms with E-state index in [-0.39, 0.29) is 5.92 Å². The molecule has 15 heavy (non-hydrogen) atoms. The Balaban J connectivity index is 3.05. The third-order valence-electron chi connectivity index (χ3n) is 3.41. The van der Waals surface area contributed by atoms with Gasteiger partial charge in [-0.25, -0.2) is 0 Å². The van der Waals surface area contributed by atoms with Crippen LogP contribution in [0.15, 0.2) is 0 Å². The SMILES string of the molecule is CCC1CCCC1(C(=O)OC)C(=O)OC. The van der Waals surface area contributed by atoms with Crippen molar-refractivity contribution in [3.05, 3.63) is 0 Å². The van der Waals surface area contributed by atoms with Crippen LogP contribution >= 0.6 is 0 Å². The summed E-state index contributed by atoms with van der Waals surface area (Å²) in [5.74, 6) is -0.838. The van der Waals surface area contributed by atoms with Gasteiger partial charge in [0.25, 0.3) is 0 Å².